The van der Waals surface area contributed by atoms with Crippen LogP contribution in [0.2, 0.25) is 5.02 Å². The maximum Gasteiger partial charge on any atom is 0.255 e. The zero-order chi connectivity index (χ0) is 19.6. The fourth-order valence-electron chi connectivity index (χ4n) is 2.89. The van der Waals surface area contributed by atoms with Crippen LogP contribution in [0.25, 0.3) is 0 Å². The monoisotopic (exact) mass is 412 g/mol. The molecule has 144 valence electrons. The third kappa shape index (κ3) is 4.97. The van der Waals surface area contributed by atoms with E-state index in [-0.39, 0.29) is 23.1 Å². The first-order valence-electron chi connectivity index (χ1n) is 8.22. The zero-order valence-electron chi connectivity index (χ0n) is 14.2. The second kappa shape index (κ2) is 7.84. The van der Waals surface area contributed by atoms with E-state index in [0.29, 0.717) is 16.9 Å². The maximum atomic E-state index is 13.2. The Bertz CT molecular complexity index is 968. The van der Waals surface area contributed by atoms with Crippen LogP contribution in [0.1, 0.15) is 10.4 Å². The highest BCUT2D eigenvalue weighted by Crippen LogP contribution is 2.22. The van der Waals surface area contributed by atoms with Gasteiger partial charge in [-0.2, -0.15) is 0 Å². The standard InChI is InChI=1S/C18H18ClFN2O4S/c19-15-7-14(4-5-16(15)20)22-18(24)11-2-1-3-13(6-11)21-8-12-9-27(25,26)10-17(12)23/h1-7,12,17,21,23H,8-10H2,(H,22,24). The first-order valence-corrected chi connectivity index (χ1v) is 10.4. The number of hydrogen-bond donors (Lipinski definition) is 3. The van der Waals surface area contributed by atoms with Gasteiger partial charge in [0, 0.05) is 29.4 Å². The second-order valence-electron chi connectivity index (χ2n) is 6.45. The highest BCUT2D eigenvalue weighted by molar-refractivity contribution is 7.91. The molecule has 2 atom stereocenters. The van der Waals surface area contributed by atoms with Crippen molar-refractivity contribution in [3.05, 3.63) is 58.9 Å². The summed E-state index contributed by atoms with van der Waals surface area (Å²) in [6.45, 7) is 0.277. The van der Waals surface area contributed by atoms with E-state index in [0.717, 1.165) is 6.07 Å². The summed E-state index contributed by atoms with van der Waals surface area (Å²) in [4.78, 5) is 12.4. The molecule has 27 heavy (non-hydrogen) atoms. The lowest BCUT2D eigenvalue weighted by Gasteiger charge is -2.15. The van der Waals surface area contributed by atoms with Crippen molar-refractivity contribution in [3.63, 3.8) is 0 Å². The Morgan fingerprint density at radius 1 is 1.19 bits per heavy atom. The van der Waals surface area contributed by atoms with Crippen molar-refractivity contribution in [1.29, 1.82) is 0 Å². The number of halogens is 2. The Morgan fingerprint density at radius 2 is 1.96 bits per heavy atom. The van der Waals surface area contributed by atoms with E-state index in [9.17, 15) is 22.7 Å². The molecule has 0 spiro atoms. The lowest BCUT2D eigenvalue weighted by Crippen LogP contribution is -2.25. The molecule has 3 N–H and O–H groups in total. The maximum absolute atomic E-state index is 13.2. The van der Waals surface area contributed by atoms with E-state index in [1.54, 1.807) is 24.3 Å². The van der Waals surface area contributed by atoms with Crippen LogP contribution in [-0.2, 0) is 9.84 Å². The molecule has 0 aromatic heterocycles. The van der Waals surface area contributed by atoms with Crippen molar-refractivity contribution < 1.29 is 22.7 Å². The van der Waals surface area contributed by atoms with Gasteiger partial charge in [0.2, 0.25) is 0 Å². The Kier molecular flexibility index (Phi) is 5.69. The number of aliphatic hydroxyl groups is 1. The molecule has 1 saturated heterocycles. The Labute approximate surface area is 161 Å². The number of carbonyl (C=O) groups is 1. The fourth-order valence-corrected chi connectivity index (χ4v) is 4.99. The summed E-state index contributed by atoms with van der Waals surface area (Å²) >= 11 is 5.70. The zero-order valence-corrected chi connectivity index (χ0v) is 15.7. The molecule has 0 radical (unpaired) electrons. The van der Waals surface area contributed by atoms with Crippen LogP contribution in [0, 0.1) is 11.7 Å². The average Bonchev–Trinajstić information content (AvgIpc) is 2.88. The van der Waals surface area contributed by atoms with E-state index in [1.165, 1.54) is 12.1 Å². The molecule has 6 nitrogen and oxygen atoms in total. The molecule has 1 amide bonds. The molecule has 1 aliphatic heterocycles. The minimum Gasteiger partial charge on any atom is -0.392 e. The van der Waals surface area contributed by atoms with Gasteiger partial charge in [-0.3, -0.25) is 4.79 Å². The molecule has 0 aliphatic carbocycles. The van der Waals surface area contributed by atoms with Gasteiger partial charge in [-0.05, 0) is 36.4 Å². The first kappa shape index (κ1) is 19.6. The Balaban J connectivity index is 1.64. The van der Waals surface area contributed by atoms with Gasteiger partial charge in [0.15, 0.2) is 9.84 Å². The SMILES string of the molecule is O=C(Nc1ccc(F)c(Cl)c1)c1cccc(NCC2CS(=O)(=O)CC2O)c1. The van der Waals surface area contributed by atoms with Gasteiger partial charge >= 0.3 is 0 Å². The second-order valence-corrected chi connectivity index (χ2v) is 9.01. The van der Waals surface area contributed by atoms with Crippen LogP contribution >= 0.6 is 11.6 Å². The summed E-state index contributed by atoms with van der Waals surface area (Å²) in [5.74, 6) is -1.65. The number of sulfone groups is 1. The van der Waals surface area contributed by atoms with Gasteiger partial charge in [0.05, 0.1) is 22.6 Å². The van der Waals surface area contributed by atoms with Gasteiger partial charge in [-0.1, -0.05) is 17.7 Å². The first-order chi connectivity index (χ1) is 12.7. The minimum absolute atomic E-state index is 0.0628. The summed E-state index contributed by atoms with van der Waals surface area (Å²) in [6.07, 6.45) is -0.891. The summed E-state index contributed by atoms with van der Waals surface area (Å²) in [5, 5.41) is 15.4. The number of nitrogens with one attached hydrogen (secondary N) is 2. The van der Waals surface area contributed by atoms with E-state index >= 15 is 0 Å². The van der Waals surface area contributed by atoms with Crippen LogP contribution in [0.4, 0.5) is 15.8 Å². The van der Waals surface area contributed by atoms with Gasteiger partial charge in [0.25, 0.3) is 5.91 Å². The third-order valence-corrected chi connectivity index (χ3v) is 6.38. The summed E-state index contributed by atoms with van der Waals surface area (Å²) in [5.41, 5.74) is 1.35. The molecule has 2 aromatic rings. The van der Waals surface area contributed by atoms with E-state index < -0.39 is 33.6 Å². The van der Waals surface area contributed by atoms with Crippen molar-refractivity contribution in [2.45, 2.75) is 6.10 Å². The van der Waals surface area contributed by atoms with E-state index in [4.69, 9.17) is 11.6 Å². The number of rotatable bonds is 5. The molecule has 3 rings (SSSR count). The number of carbonyl (C=O) groups excluding carboxylic acids is 1. The van der Waals surface area contributed by atoms with Crippen LogP contribution in [-0.4, -0.2) is 43.6 Å². The Morgan fingerprint density at radius 3 is 2.63 bits per heavy atom. The van der Waals surface area contributed by atoms with Gasteiger partial charge in [-0.25, -0.2) is 12.8 Å². The minimum atomic E-state index is -3.20. The lowest BCUT2D eigenvalue weighted by molar-refractivity contribution is 0.102. The lowest BCUT2D eigenvalue weighted by atomic mass is 10.1. The van der Waals surface area contributed by atoms with Crippen molar-refractivity contribution in [2.24, 2.45) is 5.92 Å². The van der Waals surface area contributed by atoms with Crippen molar-refractivity contribution in [3.8, 4) is 0 Å². The molecule has 2 aromatic carbocycles. The van der Waals surface area contributed by atoms with Crippen LogP contribution in [0.15, 0.2) is 42.5 Å². The van der Waals surface area contributed by atoms with Gasteiger partial charge in [-0.15, -0.1) is 0 Å². The highest BCUT2D eigenvalue weighted by Gasteiger charge is 2.36. The van der Waals surface area contributed by atoms with Crippen LogP contribution in [0.3, 0.4) is 0 Å². The Hall–Kier alpha value is -2.16. The molecular formula is C18H18ClFN2O4S. The molecule has 2 unspecified atom stereocenters. The summed E-state index contributed by atoms with van der Waals surface area (Å²) < 4.78 is 36.3. The number of aliphatic hydroxyl groups excluding tert-OH is 1. The molecule has 1 heterocycles. The van der Waals surface area contributed by atoms with E-state index in [1.807, 2.05) is 0 Å². The average molecular weight is 413 g/mol. The normalized spacial score (nSPS) is 21.0. The highest BCUT2D eigenvalue weighted by atomic mass is 35.5. The molecule has 1 fully saturated rings. The van der Waals surface area contributed by atoms with Crippen molar-refractivity contribution >= 4 is 38.7 Å². The number of benzene rings is 2. The van der Waals surface area contributed by atoms with Gasteiger partial charge in [0.1, 0.15) is 5.82 Å². The van der Waals surface area contributed by atoms with E-state index in [2.05, 4.69) is 10.6 Å². The van der Waals surface area contributed by atoms with Crippen molar-refractivity contribution in [2.75, 3.05) is 28.7 Å². The number of amides is 1. The summed E-state index contributed by atoms with van der Waals surface area (Å²) in [7, 11) is -3.20. The predicted octanol–water partition coefficient (Wildman–Crippen LogP) is 2.55. The quantitative estimate of drug-likeness (QED) is 0.701. The number of anilines is 2. The fraction of sp³-hybridized carbons (Fsp3) is 0.278. The third-order valence-electron chi connectivity index (χ3n) is 4.31. The summed E-state index contributed by atoms with van der Waals surface area (Å²) in [6, 6.07) is 10.5. The van der Waals surface area contributed by atoms with Gasteiger partial charge < -0.3 is 15.7 Å². The predicted molar refractivity (Wildman–Crippen MR) is 102 cm³/mol. The topological polar surface area (TPSA) is 95.5 Å². The number of hydrogen-bond acceptors (Lipinski definition) is 5. The largest absolute Gasteiger partial charge is 0.392 e. The molecule has 0 bridgehead atoms. The molecular weight excluding hydrogens is 395 g/mol. The van der Waals surface area contributed by atoms with Crippen LogP contribution in [0.5, 0.6) is 0 Å². The smallest absolute Gasteiger partial charge is 0.255 e. The molecule has 9 heteroatoms. The van der Waals surface area contributed by atoms with Crippen molar-refractivity contribution in [1.82, 2.24) is 0 Å². The molecule has 0 saturated carbocycles. The molecule has 1 aliphatic rings. The van der Waals surface area contributed by atoms with Crippen LogP contribution < -0.4 is 10.6 Å².